The number of anilines is 1. The molecule has 0 saturated heterocycles. The normalized spacial score (nSPS) is 10.4. The molecule has 0 radical (unpaired) electrons. The second-order valence-corrected chi connectivity index (χ2v) is 9.26. The molecule has 0 fully saturated rings. The Morgan fingerprint density at radius 3 is 1.90 bits per heavy atom. The molecule has 6 heteroatoms. The third-order valence-corrected chi connectivity index (χ3v) is 6.47. The van der Waals surface area contributed by atoms with E-state index in [2.05, 4.69) is 11.2 Å². The van der Waals surface area contributed by atoms with E-state index in [0.717, 1.165) is 22.9 Å². The number of benzene rings is 5. The number of ether oxygens (including phenoxy) is 2. The summed E-state index contributed by atoms with van der Waals surface area (Å²) >= 11 is 0. The number of nitrogens with one attached hydrogen (secondary N) is 1. The maximum absolute atomic E-state index is 12.9. The standard InChI is InChI=1S/C35H25NO5/c1-3-23-8-16-30(17-9-23)36-33(37)26-14-18-31(19-15-26)40-34(38)27-12-10-25-11-13-28(22-29(25)21-27)35(39)41-32-7-5-6-24(4-2)20-32/h1,5-22H,4H2,2H3,(H,36,37). The average Bonchev–Trinajstić information content (AvgIpc) is 3.01. The molecule has 5 rings (SSSR count). The van der Waals surface area contributed by atoms with E-state index in [9.17, 15) is 14.4 Å². The zero-order chi connectivity index (χ0) is 28.8. The largest absolute Gasteiger partial charge is 0.423 e. The van der Waals surface area contributed by atoms with Crippen molar-refractivity contribution >= 4 is 34.3 Å². The van der Waals surface area contributed by atoms with Crippen LogP contribution in [0.3, 0.4) is 0 Å². The Morgan fingerprint density at radius 2 is 1.29 bits per heavy atom. The maximum atomic E-state index is 12.9. The minimum atomic E-state index is -0.568. The minimum Gasteiger partial charge on any atom is -0.423 e. The summed E-state index contributed by atoms with van der Waals surface area (Å²) in [6, 6.07) is 30.9. The first-order chi connectivity index (χ1) is 19.9. The Labute approximate surface area is 237 Å². The molecule has 41 heavy (non-hydrogen) atoms. The van der Waals surface area contributed by atoms with Crippen LogP contribution in [0.25, 0.3) is 10.8 Å². The van der Waals surface area contributed by atoms with Gasteiger partial charge in [-0.3, -0.25) is 4.79 Å². The minimum absolute atomic E-state index is 0.289. The Hall–Kier alpha value is -5.67. The first-order valence-corrected chi connectivity index (χ1v) is 13.0. The molecule has 6 nitrogen and oxygen atoms in total. The van der Waals surface area contributed by atoms with Gasteiger partial charge in [-0.1, -0.05) is 37.1 Å². The van der Waals surface area contributed by atoms with E-state index in [0.29, 0.717) is 33.5 Å². The number of aryl methyl sites for hydroxylation is 1. The first-order valence-electron chi connectivity index (χ1n) is 13.0. The van der Waals surface area contributed by atoms with Gasteiger partial charge in [-0.25, -0.2) is 9.59 Å². The molecule has 5 aromatic rings. The predicted molar refractivity (Wildman–Crippen MR) is 158 cm³/mol. The van der Waals surface area contributed by atoms with E-state index in [4.69, 9.17) is 15.9 Å². The smallest absolute Gasteiger partial charge is 0.343 e. The molecule has 0 unspecified atom stereocenters. The van der Waals surface area contributed by atoms with Crippen molar-refractivity contribution in [2.24, 2.45) is 0 Å². The van der Waals surface area contributed by atoms with Crippen LogP contribution >= 0.6 is 0 Å². The van der Waals surface area contributed by atoms with E-state index in [-0.39, 0.29) is 11.7 Å². The number of amides is 1. The van der Waals surface area contributed by atoms with Crippen molar-refractivity contribution < 1.29 is 23.9 Å². The molecule has 0 aliphatic carbocycles. The Morgan fingerprint density at radius 1 is 0.683 bits per heavy atom. The highest BCUT2D eigenvalue weighted by Gasteiger charge is 2.14. The van der Waals surface area contributed by atoms with E-state index in [1.54, 1.807) is 91.0 Å². The second-order valence-electron chi connectivity index (χ2n) is 9.26. The molecule has 0 spiro atoms. The van der Waals surface area contributed by atoms with Gasteiger partial charge in [0.2, 0.25) is 0 Å². The van der Waals surface area contributed by atoms with E-state index in [1.807, 2.05) is 25.1 Å². The molecule has 0 bridgehead atoms. The van der Waals surface area contributed by atoms with Gasteiger partial charge >= 0.3 is 11.9 Å². The SMILES string of the molecule is C#Cc1ccc(NC(=O)c2ccc(OC(=O)c3ccc4ccc(C(=O)Oc5cccc(CC)c5)cc4c3)cc2)cc1. The number of hydrogen-bond acceptors (Lipinski definition) is 5. The summed E-state index contributed by atoms with van der Waals surface area (Å²) < 4.78 is 11.1. The van der Waals surface area contributed by atoms with Gasteiger partial charge in [-0.15, -0.1) is 6.42 Å². The zero-order valence-corrected chi connectivity index (χ0v) is 22.2. The Kier molecular flexibility index (Phi) is 7.89. The molecule has 200 valence electrons. The van der Waals surface area contributed by atoms with Crippen molar-refractivity contribution in [1.29, 1.82) is 0 Å². The zero-order valence-electron chi connectivity index (χ0n) is 22.2. The van der Waals surface area contributed by atoms with Crippen LogP contribution in [0.1, 0.15) is 49.1 Å². The highest BCUT2D eigenvalue weighted by molar-refractivity contribution is 6.04. The number of carbonyl (C=O) groups excluding carboxylic acids is 3. The fraction of sp³-hybridized carbons (Fsp3) is 0.0571. The molecule has 0 aromatic heterocycles. The monoisotopic (exact) mass is 539 g/mol. The van der Waals surface area contributed by atoms with Gasteiger partial charge in [-0.2, -0.15) is 0 Å². The van der Waals surface area contributed by atoms with E-state index < -0.39 is 11.9 Å². The Balaban J connectivity index is 1.25. The van der Waals surface area contributed by atoms with Crippen molar-refractivity contribution in [2.45, 2.75) is 13.3 Å². The van der Waals surface area contributed by atoms with Gasteiger partial charge in [0.25, 0.3) is 5.91 Å². The van der Waals surface area contributed by atoms with Gasteiger partial charge in [0.05, 0.1) is 11.1 Å². The van der Waals surface area contributed by atoms with Crippen molar-refractivity contribution in [3.8, 4) is 23.8 Å². The molecule has 0 atom stereocenters. The first kappa shape index (κ1) is 26.9. The lowest BCUT2D eigenvalue weighted by atomic mass is 10.0. The van der Waals surface area contributed by atoms with Crippen molar-refractivity contribution in [2.75, 3.05) is 5.32 Å². The highest BCUT2D eigenvalue weighted by Crippen LogP contribution is 2.22. The molecule has 0 saturated carbocycles. The summed E-state index contributed by atoms with van der Waals surface area (Å²) in [5.74, 6) is 1.94. The van der Waals surface area contributed by atoms with E-state index in [1.165, 1.54) is 0 Å². The number of esters is 2. The number of fused-ring (bicyclic) bond motifs is 1. The molecule has 1 N–H and O–H groups in total. The summed E-state index contributed by atoms with van der Waals surface area (Å²) in [7, 11) is 0. The number of rotatable bonds is 7. The third-order valence-electron chi connectivity index (χ3n) is 6.47. The number of hydrogen-bond donors (Lipinski definition) is 1. The van der Waals surface area contributed by atoms with Crippen LogP contribution < -0.4 is 14.8 Å². The summed E-state index contributed by atoms with van der Waals surface area (Å²) in [4.78, 5) is 38.2. The van der Waals surface area contributed by atoms with Crippen LogP contribution in [0.5, 0.6) is 11.5 Å². The van der Waals surface area contributed by atoms with E-state index >= 15 is 0 Å². The van der Waals surface area contributed by atoms with Gasteiger partial charge in [0.1, 0.15) is 11.5 Å². The summed E-state index contributed by atoms with van der Waals surface area (Å²) in [5.41, 5.74) is 3.49. The van der Waals surface area contributed by atoms with Gasteiger partial charge in [0.15, 0.2) is 0 Å². The molecule has 0 aliphatic rings. The van der Waals surface area contributed by atoms with Crippen LogP contribution in [-0.4, -0.2) is 17.8 Å². The van der Waals surface area contributed by atoms with Crippen LogP contribution in [0, 0.1) is 12.3 Å². The van der Waals surface area contributed by atoms with Crippen LogP contribution in [0.2, 0.25) is 0 Å². The molecule has 1 amide bonds. The lowest BCUT2D eigenvalue weighted by Gasteiger charge is -2.09. The van der Waals surface area contributed by atoms with Crippen molar-refractivity contribution in [3.05, 3.63) is 137 Å². The van der Waals surface area contributed by atoms with Crippen LogP contribution in [0.15, 0.2) is 109 Å². The molecular weight excluding hydrogens is 514 g/mol. The fourth-order valence-electron chi connectivity index (χ4n) is 4.19. The Bertz CT molecular complexity index is 1800. The predicted octanol–water partition coefficient (Wildman–Crippen LogP) is 7.07. The van der Waals surface area contributed by atoms with Gasteiger partial charge < -0.3 is 14.8 Å². The topological polar surface area (TPSA) is 81.7 Å². The molecule has 0 aliphatic heterocycles. The second kappa shape index (κ2) is 12.0. The van der Waals surface area contributed by atoms with Crippen molar-refractivity contribution in [3.63, 3.8) is 0 Å². The summed E-state index contributed by atoms with van der Waals surface area (Å²) in [6.07, 6.45) is 6.20. The lowest BCUT2D eigenvalue weighted by molar-refractivity contribution is 0.0726. The van der Waals surface area contributed by atoms with Gasteiger partial charge in [0, 0.05) is 16.8 Å². The number of terminal acetylenes is 1. The fourth-order valence-corrected chi connectivity index (χ4v) is 4.19. The quantitative estimate of drug-likeness (QED) is 0.136. The molecular formula is C35H25NO5. The average molecular weight is 540 g/mol. The third kappa shape index (κ3) is 6.49. The summed E-state index contributed by atoms with van der Waals surface area (Å²) in [5, 5.41) is 4.35. The molecule has 0 heterocycles. The van der Waals surface area contributed by atoms with Crippen LogP contribution in [0.4, 0.5) is 5.69 Å². The molecule has 5 aromatic carbocycles. The number of carbonyl (C=O) groups is 3. The van der Waals surface area contributed by atoms with Gasteiger partial charge in [-0.05, 0) is 108 Å². The maximum Gasteiger partial charge on any atom is 0.343 e. The lowest BCUT2D eigenvalue weighted by Crippen LogP contribution is -2.12. The highest BCUT2D eigenvalue weighted by atomic mass is 16.5. The van der Waals surface area contributed by atoms with Crippen molar-refractivity contribution in [1.82, 2.24) is 0 Å². The summed E-state index contributed by atoms with van der Waals surface area (Å²) in [6.45, 7) is 2.03. The van der Waals surface area contributed by atoms with Crippen LogP contribution in [-0.2, 0) is 6.42 Å².